The summed E-state index contributed by atoms with van der Waals surface area (Å²) in [7, 11) is 0. The molecule has 0 spiro atoms. The van der Waals surface area contributed by atoms with Crippen LogP contribution < -0.4 is 15.4 Å². The van der Waals surface area contributed by atoms with E-state index in [0.717, 1.165) is 47.2 Å². The largest absolute Gasteiger partial charge is 0.487 e. The molecular formula is C35H35ClFN5O3. The van der Waals surface area contributed by atoms with Crippen LogP contribution in [0.15, 0.2) is 66.1 Å². The molecule has 45 heavy (non-hydrogen) atoms. The Labute approximate surface area is 267 Å². The summed E-state index contributed by atoms with van der Waals surface area (Å²) < 4.78 is 25.2. The van der Waals surface area contributed by atoms with E-state index in [0.29, 0.717) is 47.0 Å². The van der Waals surface area contributed by atoms with Crippen LogP contribution in [-0.2, 0) is 21.6 Å². The van der Waals surface area contributed by atoms with E-state index in [2.05, 4.69) is 52.5 Å². The minimum absolute atomic E-state index is 0.0307. The third-order valence-electron chi connectivity index (χ3n) is 8.43. The number of nitrogens with zero attached hydrogens (tertiary/aromatic N) is 3. The van der Waals surface area contributed by atoms with Gasteiger partial charge in [0.1, 0.15) is 43.0 Å². The van der Waals surface area contributed by atoms with Crippen LogP contribution in [-0.4, -0.2) is 48.1 Å². The fraction of sp³-hybridized carbons (Fsp3) is 0.343. The van der Waals surface area contributed by atoms with Gasteiger partial charge in [-0.05, 0) is 84.2 Å². The first-order valence-corrected chi connectivity index (χ1v) is 15.4. The molecule has 2 N–H and O–H groups in total. The average Bonchev–Trinajstić information content (AvgIpc) is 3.66. The number of ether oxygens (including phenoxy) is 2. The summed E-state index contributed by atoms with van der Waals surface area (Å²) in [6.07, 6.45) is 2.56. The van der Waals surface area contributed by atoms with Crippen LogP contribution in [0.25, 0.3) is 10.9 Å². The Morgan fingerprint density at radius 2 is 2.09 bits per heavy atom. The van der Waals surface area contributed by atoms with Crippen molar-refractivity contribution >= 4 is 39.7 Å². The standard InChI is InChI=1S/C35H35ClFN5O3/c1-4-6-31(42-45-20-27-18-38-11-12-43-27)24-14-28-33(29(15-24)35(3)17-22(35)2)39-21-40-34(28)41-26-9-10-32(30(36)16-26)44-19-23-7-5-8-25(37)13-23/h5,7-10,13-16,21-22,27,38H,11-12,17-20H2,1-3H3,(H,39,40,41)/b42-31+/t22-,27+,35?/m1/s1. The first kappa shape index (κ1) is 30.8. The Morgan fingerprint density at radius 1 is 1.22 bits per heavy atom. The number of halogens is 2. The first-order valence-electron chi connectivity index (χ1n) is 15.0. The third kappa shape index (κ3) is 7.04. The number of fused-ring (bicyclic) bond motifs is 1. The molecule has 2 fully saturated rings. The lowest BCUT2D eigenvalue weighted by Crippen LogP contribution is -2.40. The predicted octanol–water partition coefficient (Wildman–Crippen LogP) is 6.77. The zero-order chi connectivity index (χ0) is 31.4. The molecule has 1 aromatic heterocycles. The van der Waals surface area contributed by atoms with Crippen molar-refractivity contribution in [2.75, 3.05) is 31.6 Å². The number of anilines is 2. The molecule has 232 valence electrons. The Morgan fingerprint density at radius 3 is 2.82 bits per heavy atom. The van der Waals surface area contributed by atoms with Crippen molar-refractivity contribution in [3.63, 3.8) is 0 Å². The molecule has 1 saturated heterocycles. The van der Waals surface area contributed by atoms with Gasteiger partial charge < -0.3 is 24.9 Å². The van der Waals surface area contributed by atoms with Crippen molar-refractivity contribution in [2.24, 2.45) is 11.1 Å². The molecule has 0 amide bonds. The van der Waals surface area contributed by atoms with E-state index >= 15 is 0 Å². The zero-order valence-corrected chi connectivity index (χ0v) is 26.2. The second-order valence-electron chi connectivity index (χ2n) is 11.7. The molecule has 1 unspecified atom stereocenters. The van der Waals surface area contributed by atoms with Gasteiger partial charge in [0, 0.05) is 29.7 Å². The average molecular weight is 628 g/mol. The Bertz CT molecular complexity index is 1800. The molecule has 0 radical (unpaired) electrons. The molecule has 1 saturated carbocycles. The summed E-state index contributed by atoms with van der Waals surface area (Å²) in [5.74, 6) is 7.41. The molecule has 4 aromatic rings. The summed E-state index contributed by atoms with van der Waals surface area (Å²) >= 11 is 6.60. The smallest absolute Gasteiger partial charge is 0.159 e. The Balaban J connectivity index is 1.30. The third-order valence-corrected chi connectivity index (χ3v) is 8.72. The highest BCUT2D eigenvalue weighted by Crippen LogP contribution is 2.55. The highest BCUT2D eigenvalue weighted by Gasteiger charge is 2.49. The van der Waals surface area contributed by atoms with Crippen LogP contribution in [0.4, 0.5) is 15.9 Å². The van der Waals surface area contributed by atoms with Gasteiger partial charge in [-0.15, -0.1) is 0 Å². The van der Waals surface area contributed by atoms with E-state index < -0.39 is 0 Å². The summed E-state index contributed by atoms with van der Waals surface area (Å²) in [4.78, 5) is 15.1. The monoisotopic (exact) mass is 627 g/mol. The van der Waals surface area contributed by atoms with Gasteiger partial charge in [-0.2, -0.15) is 0 Å². The molecule has 3 aromatic carbocycles. The van der Waals surface area contributed by atoms with E-state index in [1.807, 2.05) is 12.1 Å². The van der Waals surface area contributed by atoms with Gasteiger partial charge in [0.05, 0.1) is 17.1 Å². The topological polar surface area (TPSA) is 89.9 Å². The Kier molecular flexibility index (Phi) is 9.17. The van der Waals surface area contributed by atoms with E-state index in [4.69, 9.17) is 30.9 Å². The van der Waals surface area contributed by atoms with Crippen LogP contribution in [0.5, 0.6) is 5.75 Å². The lowest BCUT2D eigenvalue weighted by Gasteiger charge is -2.22. The van der Waals surface area contributed by atoms with Gasteiger partial charge in [0.15, 0.2) is 5.71 Å². The fourth-order valence-electron chi connectivity index (χ4n) is 5.59. The van der Waals surface area contributed by atoms with E-state index in [9.17, 15) is 4.39 Å². The quantitative estimate of drug-likeness (QED) is 0.114. The highest BCUT2D eigenvalue weighted by atomic mass is 35.5. The molecule has 1 aliphatic carbocycles. The summed E-state index contributed by atoms with van der Waals surface area (Å²) in [6, 6.07) is 15.8. The SMILES string of the molecule is CC#C/C(=N\OC[C@@H]1CNCCO1)c1cc(C2(C)C[C@H]2C)c2ncnc(Nc3ccc(OCc4cccc(F)c4)c(Cl)c3)c2c1. The van der Waals surface area contributed by atoms with E-state index in [1.54, 1.807) is 37.5 Å². The highest BCUT2D eigenvalue weighted by molar-refractivity contribution is 6.32. The molecule has 10 heteroatoms. The predicted molar refractivity (Wildman–Crippen MR) is 175 cm³/mol. The van der Waals surface area contributed by atoms with Gasteiger partial charge in [-0.1, -0.05) is 48.7 Å². The normalized spacial score (nSPS) is 21.1. The second-order valence-corrected chi connectivity index (χ2v) is 12.1. The first-order chi connectivity index (χ1) is 21.8. The summed E-state index contributed by atoms with van der Waals surface area (Å²) in [5.41, 5.74) is 4.75. The molecule has 8 nitrogen and oxygen atoms in total. The van der Waals surface area contributed by atoms with Crippen molar-refractivity contribution in [3.05, 3.63) is 88.5 Å². The number of hydrogen-bond donors (Lipinski definition) is 2. The van der Waals surface area contributed by atoms with E-state index in [1.165, 1.54) is 12.1 Å². The number of aromatic nitrogens is 2. The van der Waals surface area contributed by atoms with Crippen LogP contribution >= 0.6 is 11.6 Å². The maximum Gasteiger partial charge on any atom is 0.159 e. The van der Waals surface area contributed by atoms with Gasteiger partial charge in [-0.25, -0.2) is 14.4 Å². The maximum absolute atomic E-state index is 13.6. The number of benzene rings is 3. The molecule has 2 heterocycles. The number of morpholine rings is 1. The van der Waals surface area contributed by atoms with Crippen LogP contribution in [0, 0.1) is 23.6 Å². The van der Waals surface area contributed by atoms with Crippen molar-refractivity contribution in [2.45, 2.75) is 45.3 Å². The molecule has 6 rings (SSSR count). The molecule has 2 aliphatic rings. The number of hydrogen-bond acceptors (Lipinski definition) is 8. The zero-order valence-electron chi connectivity index (χ0n) is 25.5. The van der Waals surface area contributed by atoms with Gasteiger partial charge in [0.25, 0.3) is 0 Å². The minimum atomic E-state index is -0.311. The van der Waals surface area contributed by atoms with Crippen LogP contribution in [0.1, 0.15) is 43.9 Å². The van der Waals surface area contributed by atoms with Gasteiger partial charge in [0.2, 0.25) is 0 Å². The maximum atomic E-state index is 13.6. The van der Waals surface area contributed by atoms with Crippen LogP contribution in [0.2, 0.25) is 5.02 Å². The summed E-state index contributed by atoms with van der Waals surface area (Å²) in [5, 5.41) is 12.4. The van der Waals surface area contributed by atoms with Crippen LogP contribution in [0.3, 0.4) is 0 Å². The lowest BCUT2D eigenvalue weighted by atomic mass is 9.90. The number of rotatable bonds is 10. The lowest BCUT2D eigenvalue weighted by molar-refractivity contribution is -0.0300. The molecule has 0 bridgehead atoms. The van der Waals surface area contributed by atoms with Gasteiger partial charge >= 0.3 is 0 Å². The van der Waals surface area contributed by atoms with Gasteiger partial charge in [-0.3, -0.25) is 0 Å². The Hall–Kier alpha value is -4.23. The minimum Gasteiger partial charge on any atom is -0.487 e. The second kappa shape index (κ2) is 13.4. The number of oxime groups is 1. The van der Waals surface area contributed by atoms with Crippen molar-refractivity contribution in [1.29, 1.82) is 0 Å². The van der Waals surface area contributed by atoms with E-state index in [-0.39, 0.29) is 23.9 Å². The van der Waals surface area contributed by atoms with Crippen molar-refractivity contribution < 1.29 is 18.7 Å². The number of nitrogens with one attached hydrogen (secondary N) is 2. The fourth-order valence-corrected chi connectivity index (χ4v) is 5.83. The van der Waals surface area contributed by atoms with Crippen molar-refractivity contribution in [3.8, 4) is 17.6 Å². The molecular weight excluding hydrogens is 593 g/mol. The van der Waals surface area contributed by atoms with Crippen molar-refractivity contribution in [1.82, 2.24) is 15.3 Å². The molecule has 3 atom stereocenters. The summed E-state index contributed by atoms with van der Waals surface area (Å²) in [6.45, 7) is 9.02. The molecule has 1 aliphatic heterocycles.